The Labute approximate surface area is 175 Å². The normalized spacial score (nSPS) is 21.2. The molecule has 2 amide bonds. The fourth-order valence-electron chi connectivity index (χ4n) is 4.59. The third kappa shape index (κ3) is 5.69. The van der Waals surface area contributed by atoms with Gasteiger partial charge in [-0.1, -0.05) is 42.5 Å². The van der Waals surface area contributed by atoms with Gasteiger partial charge in [0.15, 0.2) is 0 Å². The molecule has 2 heterocycles. The summed E-state index contributed by atoms with van der Waals surface area (Å²) < 4.78 is 0. The van der Waals surface area contributed by atoms with Gasteiger partial charge in [-0.3, -0.25) is 14.5 Å². The second-order valence-corrected chi connectivity index (χ2v) is 8.20. The molecule has 29 heavy (non-hydrogen) atoms. The maximum absolute atomic E-state index is 13.3. The molecule has 0 spiro atoms. The van der Waals surface area contributed by atoms with Crippen molar-refractivity contribution in [3.8, 4) is 0 Å². The lowest BCUT2D eigenvalue weighted by Crippen LogP contribution is -2.46. The van der Waals surface area contributed by atoms with Crippen molar-refractivity contribution >= 4 is 11.8 Å². The van der Waals surface area contributed by atoms with Gasteiger partial charge >= 0.3 is 0 Å². The first kappa shape index (κ1) is 21.6. The molecule has 0 unspecified atom stereocenters. The number of rotatable bonds is 7. The van der Waals surface area contributed by atoms with Crippen LogP contribution in [0.5, 0.6) is 0 Å². The van der Waals surface area contributed by atoms with Gasteiger partial charge in [0.25, 0.3) is 0 Å². The standard InChI is InChI=1S/C24H35N3O2/c1-3-26(4-2)23(28)19-25-16-13-21(14-17-25)22-12-8-9-15-27(24(22)29)18-20-10-6-5-7-11-20/h5-11,21-22H,3-4,12-19H2,1-2H3/t22-/m0/s1. The lowest BCUT2D eigenvalue weighted by Gasteiger charge is -2.36. The molecule has 5 nitrogen and oxygen atoms in total. The van der Waals surface area contributed by atoms with Crippen molar-refractivity contribution in [1.82, 2.24) is 14.7 Å². The second-order valence-electron chi connectivity index (χ2n) is 8.20. The number of allylic oxidation sites excluding steroid dienone is 1. The van der Waals surface area contributed by atoms with E-state index >= 15 is 0 Å². The van der Waals surface area contributed by atoms with E-state index in [-0.39, 0.29) is 17.7 Å². The second kappa shape index (κ2) is 10.6. The van der Waals surface area contributed by atoms with Crippen LogP contribution in [0.2, 0.25) is 0 Å². The van der Waals surface area contributed by atoms with E-state index < -0.39 is 0 Å². The van der Waals surface area contributed by atoms with E-state index in [9.17, 15) is 9.59 Å². The maximum Gasteiger partial charge on any atom is 0.236 e. The quantitative estimate of drug-likeness (QED) is 0.664. The van der Waals surface area contributed by atoms with Gasteiger partial charge < -0.3 is 9.80 Å². The molecule has 0 bridgehead atoms. The third-order valence-corrected chi connectivity index (χ3v) is 6.40. The minimum Gasteiger partial charge on any atom is -0.342 e. The zero-order valence-corrected chi connectivity index (χ0v) is 17.9. The van der Waals surface area contributed by atoms with Gasteiger partial charge in [0.2, 0.25) is 11.8 Å². The lowest BCUT2D eigenvalue weighted by atomic mass is 9.81. The molecule has 0 aliphatic carbocycles. The Balaban J connectivity index is 1.55. The van der Waals surface area contributed by atoms with E-state index in [1.54, 1.807) is 0 Å². The van der Waals surface area contributed by atoms with E-state index in [1.807, 2.05) is 41.8 Å². The molecular weight excluding hydrogens is 362 g/mol. The van der Waals surface area contributed by atoms with E-state index in [2.05, 4.69) is 29.2 Å². The van der Waals surface area contributed by atoms with Crippen LogP contribution >= 0.6 is 0 Å². The molecule has 2 aliphatic heterocycles. The third-order valence-electron chi connectivity index (χ3n) is 6.40. The summed E-state index contributed by atoms with van der Waals surface area (Å²) in [6.07, 6.45) is 7.15. The van der Waals surface area contributed by atoms with Crippen LogP contribution in [0, 0.1) is 11.8 Å². The van der Waals surface area contributed by atoms with Crippen LogP contribution in [0.15, 0.2) is 42.5 Å². The van der Waals surface area contributed by atoms with Crippen molar-refractivity contribution in [3.63, 3.8) is 0 Å². The summed E-state index contributed by atoms with van der Waals surface area (Å²) in [5.74, 6) is 0.980. The highest BCUT2D eigenvalue weighted by atomic mass is 16.2. The zero-order chi connectivity index (χ0) is 20.6. The Bertz CT molecular complexity index is 691. The fraction of sp³-hybridized carbons (Fsp3) is 0.583. The van der Waals surface area contributed by atoms with Crippen molar-refractivity contribution in [2.24, 2.45) is 11.8 Å². The number of carbonyl (C=O) groups excluding carboxylic acids is 2. The van der Waals surface area contributed by atoms with Crippen LogP contribution in [-0.4, -0.2) is 65.8 Å². The first-order valence-electron chi connectivity index (χ1n) is 11.1. The topological polar surface area (TPSA) is 43.9 Å². The molecule has 2 aliphatic rings. The first-order valence-corrected chi connectivity index (χ1v) is 11.1. The van der Waals surface area contributed by atoms with Crippen LogP contribution in [0.25, 0.3) is 0 Å². The van der Waals surface area contributed by atoms with Crippen LogP contribution in [-0.2, 0) is 16.1 Å². The summed E-state index contributed by atoms with van der Waals surface area (Å²) in [7, 11) is 0. The predicted molar refractivity (Wildman–Crippen MR) is 116 cm³/mol. The monoisotopic (exact) mass is 397 g/mol. The van der Waals surface area contributed by atoms with Gasteiger partial charge in [0.1, 0.15) is 0 Å². The molecule has 1 saturated heterocycles. The number of hydrogen-bond acceptors (Lipinski definition) is 3. The fourth-order valence-corrected chi connectivity index (χ4v) is 4.59. The Hall–Kier alpha value is -2.14. The number of nitrogens with zero attached hydrogens (tertiary/aromatic N) is 3. The molecule has 5 heteroatoms. The van der Waals surface area contributed by atoms with Gasteiger partial charge in [-0.2, -0.15) is 0 Å². The Morgan fingerprint density at radius 3 is 2.41 bits per heavy atom. The van der Waals surface area contributed by atoms with Crippen molar-refractivity contribution < 1.29 is 9.59 Å². The number of likely N-dealkylation sites (tertiary alicyclic amines) is 1. The van der Waals surface area contributed by atoms with Gasteiger partial charge in [-0.15, -0.1) is 0 Å². The average molecular weight is 398 g/mol. The SMILES string of the molecule is CCN(CC)C(=O)CN1CCC([C@@H]2CC=CCN(Cc3ccccc3)C2=O)CC1. The van der Waals surface area contributed by atoms with E-state index in [4.69, 9.17) is 0 Å². The van der Waals surface area contributed by atoms with Gasteiger partial charge in [0, 0.05) is 32.1 Å². The van der Waals surface area contributed by atoms with E-state index in [1.165, 1.54) is 5.56 Å². The predicted octanol–water partition coefficient (Wildman–Crippen LogP) is 3.17. The Kier molecular flexibility index (Phi) is 7.87. The minimum atomic E-state index is 0.0677. The first-order chi connectivity index (χ1) is 14.1. The highest BCUT2D eigenvalue weighted by molar-refractivity contribution is 5.80. The summed E-state index contributed by atoms with van der Waals surface area (Å²) in [4.78, 5) is 31.8. The molecule has 0 radical (unpaired) electrons. The maximum atomic E-state index is 13.3. The number of carbonyl (C=O) groups is 2. The van der Waals surface area contributed by atoms with Crippen molar-refractivity contribution in [2.45, 2.75) is 39.7 Å². The van der Waals surface area contributed by atoms with Crippen LogP contribution in [0.3, 0.4) is 0 Å². The van der Waals surface area contributed by atoms with Crippen molar-refractivity contribution in [3.05, 3.63) is 48.0 Å². The smallest absolute Gasteiger partial charge is 0.236 e. The molecule has 1 fully saturated rings. The number of likely N-dealkylation sites (N-methyl/N-ethyl adjacent to an activating group) is 1. The summed E-state index contributed by atoms with van der Waals surface area (Å²) >= 11 is 0. The van der Waals surface area contributed by atoms with E-state index in [0.29, 0.717) is 25.6 Å². The summed E-state index contributed by atoms with van der Waals surface area (Å²) in [6.45, 7) is 9.29. The van der Waals surface area contributed by atoms with E-state index in [0.717, 1.165) is 45.4 Å². The highest BCUT2D eigenvalue weighted by Gasteiger charge is 2.34. The van der Waals surface area contributed by atoms with Crippen molar-refractivity contribution in [1.29, 1.82) is 0 Å². The largest absolute Gasteiger partial charge is 0.342 e. The number of piperidine rings is 1. The lowest BCUT2D eigenvalue weighted by molar-refractivity contribution is -0.138. The number of hydrogen-bond donors (Lipinski definition) is 0. The molecule has 1 aromatic carbocycles. The molecule has 0 aromatic heterocycles. The zero-order valence-electron chi connectivity index (χ0n) is 17.9. The molecule has 158 valence electrons. The summed E-state index contributed by atoms with van der Waals surface area (Å²) in [6, 6.07) is 10.2. The van der Waals surface area contributed by atoms with Crippen LogP contribution in [0.1, 0.15) is 38.7 Å². The van der Waals surface area contributed by atoms with Gasteiger partial charge in [0.05, 0.1) is 6.54 Å². The number of amides is 2. The Morgan fingerprint density at radius 2 is 1.76 bits per heavy atom. The number of benzene rings is 1. The van der Waals surface area contributed by atoms with Gasteiger partial charge in [-0.05, 0) is 57.7 Å². The molecule has 3 rings (SSSR count). The molecule has 0 N–H and O–H groups in total. The van der Waals surface area contributed by atoms with Crippen molar-refractivity contribution in [2.75, 3.05) is 39.3 Å². The molecule has 0 saturated carbocycles. The summed E-state index contributed by atoms with van der Waals surface area (Å²) in [5.41, 5.74) is 1.18. The Morgan fingerprint density at radius 1 is 1.07 bits per heavy atom. The van der Waals surface area contributed by atoms with Crippen LogP contribution in [0.4, 0.5) is 0 Å². The molecular formula is C24H35N3O2. The minimum absolute atomic E-state index is 0.0677. The molecule has 1 aromatic rings. The highest BCUT2D eigenvalue weighted by Crippen LogP contribution is 2.31. The molecule has 1 atom stereocenters. The van der Waals surface area contributed by atoms with Gasteiger partial charge in [-0.25, -0.2) is 0 Å². The summed E-state index contributed by atoms with van der Waals surface area (Å²) in [5, 5.41) is 0. The average Bonchev–Trinajstić information content (AvgIpc) is 2.92. The van der Waals surface area contributed by atoms with Crippen LogP contribution < -0.4 is 0 Å².